The topological polar surface area (TPSA) is 41.6 Å². The van der Waals surface area contributed by atoms with Crippen LogP contribution in [0.25, 0.3) is 0 Å². The Morgan fingerprint density at radius 1 is 1.24 bits per heavy atom. The first-order valence-corrected chi connectivity index (χ1v) is 7.75. The van der Waals surface area contributed by atoms with Gasteiger partial charge in [0.1, 0.15) is 5.75 Å². The van der Waals surface area contributed by atoms with Gasteiger partial charge in [-0.2, -0.15) is 0 Å². The van der Waals surface area contributed by atoms with Gasteiger partial charge in [0.05, 0.1) is 0 Å². The quantitative estimate of drug-likeness (QED) is 0.711. The summed E-state index contributed by atoms with van der Waals surface area (Å²) in [6, 6.07) is 6.01. The molecular weight excluding hydrogens is 264 g/mol. The van der Waals surface area contributed by atoms with E-state index in [4.69, 9.17) is 4.74 Å². The van der Waals surface area contributed by atoms with Crippen molar-refractivity contribution in [3.05, 3.63) is 29.3 Å². The molecule has 0 aliphatic carbocycles. The number of carbonyl (C=O) groups is 1. The molecule has 1 aromatic carbocycles. The third-order valence-corrected chi connectivity index (χ3v) is 3.57. The summed E-state index contributed by atoms with van der Waals surface area (Å²) in [5.41, 5.74) is 2.19. The van der Waals surface area contributed by atoms with Crippen molar-refractivity contribution in [3.8, 4) is 5.75 Å². The van der Waals surface area contributed by atoms with Gasteiger partial charge in [-0.1, -0.05) is 26.0 Å². The van der Waals surface area contributed by atoms with Crippen LogP contribution >= 0.6 is 0 Å². The highest BCUT2D eigenvalue weighted by Crippen LogP contribution is 2.18. The van der Waals surface area contributed by atoms with Crippen molar-refractivity contribution in [2.75, 3.05) is 32.8 Å². The lowest BCUT2D eigenvalue weighted by Gasteiger charge is -2.17. The molecule has 0 saturated heterocycles. The molecular formula is C17H28N2O2. The first-order chi connectivity index (χ1) is 10.1. The number of nitrogens with one attached hydrogen (secondary N) is 1. The second-order valence-corrected chi connectivity index (χ2v) is 5.29. The van der Waals surface area contributed by atoms with E-state index >= 15 is 0 Å². The maximum absolute atomic E-state index is 11.7. The van der Waals surface area contributed by atoms with Crippen LogP contribution in [0.3, 0.4) is 0 Å². The van der Waals surface area contributed by atoms with E-state index in [2.05, 4.69) is 24.1 Å². The van der Waals surface area contributed by atoms with Crippen LogP contribution in [0.5, 0.6) is 5.75 Å². The number of ether oxygens (including phenoxy) is 1. The molecule has 0 spiro atoms. The Balaban J connectivity index is 2.24. The standard InChI is InChI=1S/C17H28N2O2/c1-5-19(6-2)11-7-10-18-17(20)13-21-16-12-14(3)8-9-15(16)4/h8-9,12H,5-7,10-11,13H2,1-4H3,(H,18,20). The molecule has 1 N–H and O–H groups in total. The maximum Gasteiger partial charge on any atom is 0.257 e. The zero-order valence-corrected chi connectivity index (χ0v) is 13.7. The number of aryl methyl sites for hydroxylation is 2. The summed E-state index contributed by atoms with van der Waals surface area (Å²) in [5.74, 6) is 0.726. The van der Waals surface area contributed by atoms with Gasteiger partial charge in [-0.05, 0) is 57.1 Å². The van der Waals surface area contributed by atoms with Crippen LogP contribution in [-0.4, -0.2) is 43.6 Å². The van der Waals surface area contributed by atoms with Gasteiger partial charge < -0.3 is 15.0 Å². The third kappa shape index (κ3) is 6.63. The fraction of sp³-hybridized carbons (Fsp3) is 0.588. The fourth-order valence-corrected chi connectivity index (χ4v) is 2.13. The van der Waals surface area contributed by atoms with Crippen molar-refractivity contribution >= 4 is 5.91 Å². The van der Waals surface area contributed by atoms with E-state index in [9.17, 15) is 4.79 Å². The molecule has 1 amide bonds. The van der Waals surface area contributed by atoms with Crippen LogP contribution in [0.4, 0.5) is 0 Å². The number of carbonyl (C=O) groups excluding carboxylic acids is 1. The second-order valence-electron chi connectivity index (χ2n) is 5.29. The summed E-state index contributed by atoms with van der Waals surface area (Å²) in [5, 5.41) is 2.90. The maximum atomic E-state index is 11.7. The van der Waals surface area contributed by atoms with Crippen LogP contribution in [-0.2, 0) is 4.79 Å². The zero-order chi connectivity index (χ0) is 15.7. The Morgan fingerprint density at radius 2 is 1.95 bits per heavy atom. The van der Waals surface area contributed by atoms with Crippen molar-refractivity contribution in [2.45, 2.75) is 34.1 Å². The smallest absolute Gasteiger partial charge is 0.257 e. The Morgan fingerprint density at radius 3 is 2.62 bits per heavy atom. The first kappa shape index (κ1) is 17.5. The molecule has 0 aliphatic heterocycles. The van der Waals surface area contributed by atoms with Crippen LogP contribution in [0.2, 0.25) is 0 Å². The highest BCUT2D eigenvalue weighted by Gasteiger charge is 2.05. The molecule has 0 aliphatic rings. The van der Waals surface area contributed by atoms with Gasteiger partial charge in [0.2, 0.25) is 0 Å². The number of benzene rings is 1. The number of rotatable bonds is 9. The van der Waals surface area contributed by atoms with Gasteiger partial charge in [-0.3, -0.25) is 4.79 Å². The minimum atomic E-state index is -0.0598. The number of hydrogen-bond donors (Lipinski definition) is 1. The Hall–Kier alpha value is -1.55. The van der Waals surface area contributed by atoms with Gasteiger partial charge in [0.15, 0.2) is 6.61 Å². The normalized spacial score (nSPS) is 10.7. The molecule has 0 fully saturated rings. The number of nitrogens with zero attached hydrogens (tertiary/aromatic N) is 1. The molecule has 0 atom stereocenters. The van der Waals surface area contributed by atoms with Crippen molar-refractivity contribution in [2.24, 2.45) is 0 Å². The van der Waals surface area contributed by atoms with E-state index in [-0.39, 0.29) is 12.5 Å². The van der Waals surface area contributed by atoms with Crippen molar-refractivity contribution in [1.29, 1.82) is 0 Å². The van der Waals surface area contributed by atoms with Crippen LogP contribution in [0.1, 0.15) is 31.4 Å². The van der Waals surface area contributed by atoms with E-state index in [1.165, 1.54) is 0 Å². The van der Waals surface area contributed by atoms with E-state index in [1.54, 1.807) is 0 Å². The minimum absolute atomic E-state index is 0.0598. The molecule has 0 saturated carbocycles. The SMILES string of the molecule is CCN(CC)CCCNC(=O)COc1cc(C)ccc1C. The first-order valence-electron chi connectivity index (χ1n) is 7.75. The summed E-state index contributed by atoms with van der Waals surface area (Å²) in [7, 11) is 0. The number of amides is 1. The van der Waals surface area contributed by atoms with E-state index < -0.39 is 0 Å². The van der Waals surface area contributed by atoms with Crippen LogP contribution < -0.4 is 10.1 Å². The van der Waals surface area contributed by atoms with Crippen LogP contribution in [0.15, 0.2) is 18.2 Å². The minimum Gasteiger partial charge on any atom is -0.483 e. The summed E-state index contributed by atoms with van der Waals surface area (Å²) in [6.07, 6.45) is 0.969. The van der Waals surface area contributed by atoms with Crippen molar-refractivity contribution < 1.29 is 9.53 Å². The average Bonchev–Trinajstić information content (AvgIpc) is 2.48. The molecule has 21 heavy (non-hydrogen) atoms. The summed E-state index contributed by atoms with van der Waals surface area (Å²) in [4.78, 5) is 14.1. The second kappa shape index (κ2) is 9.40. The molecule has 0 aromatic heterocycles. The molecule has 0 heterocycles. The lowest BCUT2D eigenvalue weighted by molar-refractivity contribution is -0.123. The Bertz CT molecular complexity index is 442. The van der Waals surface area contributed by atoms with E-state index in [0.717, 1.165) is 42.9 Å². The average molecular weight is 292 g/mol. The van der Waals surface area contributed by atoms with Crippen molar-refractivity contribution in [3.63, 3.8) is 0 Å². The van der Waals surface area contributed by atoms with Gasteiger partial charge >= 0.3 is 0 Å². The van der Waals surface area contributed by atoms with Gasteiger partial charge in [-0.25, -0.2) is 0 Å². The molecule has 0 bridgehead atoms. The van der Waals surface area contributed by atoms with Gasteiger partial charge in [0.25, 0.3) is 5.91 Å². The fourth-order valence-electron chi connectivity index (χ4n) is 2.13. The largest absolute Gasteiger partial charge is 0.483 e. The molecule has 1 rings (SSSR count). The Labute approximate surface area is 128 Å². The molecule has 0 radical (unpaired) electrons. The zero-order valence-electron chi connectivity index (χ0n) is 13.7. The lowest BCUT2D eigenvalue weighted by Crippen LogP contribution is -2.32. The summed E-state index contributed by atoms with van der Waals surface area (Å²) >= 11 is 0. The molecule has 4 heteroatoms. The van der Waals surface area contributed by atoms with E-state index in [1.807, 2.05) is 32.0 Å². The van der Waals surface area contributed by atoms with Crippen molar-refractivity contribution in [1.82, 2.24) is 10.2 Å². The van der Waals surface area contributed by atoms with E-state index in [0.29, 0.717) is 6.54 Å². The molecule has 118 valence electrons. The predicted molar refractivity (Wildman–Crippen MR) is 86.8 cm³/mol. The third-order valence-electron chi connectivity index (χ3n) is 3.57. The van der Waals surface area contributed by atoms with Gasteiger partial charge in [-0.15, -0.1) is 0 Å². The molecule has 4 nitrogen and oxygen atoms in total. The number of hydrogen-bond acceptors (Lipinski definition) is 3. The highest BCUT2D eigenvalue weighted by molar-refractivity contribution is 5.77. The summed E-state index contributed by atoms with van der Waals surface area (Å²) in [6.45, 7) is 12.2. The monoisotopic (exact) mass is 292 g/mol. The summed E-state index contributed by atoms with van der Waals surface area (Å²) < 4.78 is 5.58. The highest BCUT2D eigenvalue weighted by atomic mass is 16.5. The lowest BCUT2D eigenvalue weighted by atomic mass is 10.1. The van der Waals surface area contributed by atoms with Gasteiger partial charge in [0, 0.05) is 6.54 Å². The molecule has 0 unspecified atom stereocenters. The Kier molecular flexibility index (Phi) is 7.83. The molecule has 1 aromatic rings. The predicted octanol–water partition coefficient (Wildman–Crippen LogP) is 2.53. The van der Waals surface area contributed by atoms with Crippen LogP contribution in [0, 0.1) is 13.8 Å².